The summed E-state index contributed by atoms with van der Waals surface area (Å²) >= 11 is 2.77. The quantitative estimate of drug-likeness (QED) is 0.520. The molecule has 2 N–H and O–H groups in total. The molecule has 136 valence electrons. The van der Waals surface area contributed by atoms with Gasteiger partial charge in [0.2, 0.25) is 5.91 Å². The van der Waals surface area contributed by atoms with Crippen molar-refractivity contribution in [1.82, 2.24) is 9.97 Å². The summed E-state index contributed by atoms with van der Waals surface area (Å²) in [7, 11) is 0. The molecule has 2 heterocycles. The van der Waals surface area contributed by atoms with Crippen LogP contribution in [-0.4, -0.2) is 21.6 Å². The number of thioether (sulfide) groups is 1. The standard InChI is InChI=1S/C19H16N4O2S2/c20-9-11-5-1-3-7-13(11)21-15(24)10-26-19-22-17(25)16-12-6-2-4-8-14(12)27-18(16)23-19/h1,3,5,7H,2,4,6,8,10H2,(H,21,24)(H,22,23,25). The average Bonchev–Trinajstić information content (AvgIpc) is 3.05. The first kappa shape index (κ1) is 17.8. The minimum absolute atomic E-state index is 0.0965. The lowest BCUT2D eigenvalue weighted by molar-refractivity contribution is -0.113. The number of nitrogens with zero attached hydrogens (tertiary/aromatic N) is 2. The van der Waals surface area contributed by atoms with Gasteiger partial charge in [-0.15, -0.1) is 11.3 Å². The van der Waals surface area contributed by atoms with Gasteiger partial charge in [0, 0.05) is 4.88 Å². The molecule has 0 saturated carbocycles. The van der Waals surface area contributed by atoms with Gasteiger partial charge < -0.3 is 10.3 Å². The first-order valence-electron chi connectivity index (χ1n) is 8.62. The van der Waals surface area contributed by atoms with Crippen LogP contribution in [0.1, 0.15) is 28.8 Å². The Kier molecular flexibility index (Phi) is 4.97. The largest absolute Gasteiger partial charge is 0.324 e. The van der Waals surface area contributed by atoms with E-state index in [-0.39, 0.29) is 17.2 Å². The Bertz CT molecular complexity index is 1130. The number of rotatable bonds is 4. The third-order valence-corrected chi connectivity index (χ3v) is 6.52. The molecule has 0 saturated heterocycles. The lowest BCUT2D eigenvalue weighted by Gasteiger charge is -2.09. The third kappa shape index (κ3) is 3.61. The average molecular weight is 396 g/mol. The molecule has 2 aromatic heterocycles. The highest BCUT2D eigenvalue weighted by Crippen LogP contribution is 2.34. The summed E-state index contributed by atoms with van der Waals surface area (Å²) in [6.45, 7) is 0. The van der Waals surface area contributed by atoms with Gasteiger partial charge in [0.05, 0.1) is 22.4 Å². The van der Waals surface area contributed by atoms with Crippen molar-refractivity contribution in [3.63, 3.8) is 0 Å². The Morgan fingerprint density at radius 3 is 3.00 bits per heavy atom. The molecule has 0 radical (unpaired) electrons. The summed E-state index contributed by atoms with van der Waals surface area (Å²) in [4.78, 5) is 34.1. The van der Waals surface area contributed by atoms with Crippen LogP contribution in [0.25, 0.3) is 10.2 Å². The second kappa shape index (κ2) is 7.55. The van der Waals surface area contributed by atoms with E-state index in [0.717, 1.165) is 36.1 Å². The number of carbonyl (C=O) groups is 1. The molecule has 27 heavy (non-hydrogen) atoms. The van der Waals surface area contributed by atoms with Gasteiger partial charge in [-0.2, -0.15) is 5.26 Å². The summed E-state index contributed by atoms with van der Waals surface area (Å²) in [5.41, 5.74) is 1.91. The monoisotopic (exact) mass is 396 g/mol. The number of H-pyrrole nitrogens is 1. The number of aryl methyl sites for hydroxylation is 2. The normalized spacial score (nSPS) is 13.1. The highest BCUT2D eigenvalue weighted by Gasteiger charge is 2.20. The number of fused-ring (bicyclic) bond motifs is 3. The zero-order chi connectivity index (χ0) is 18.8. The molecule has 0 fully saturated rings. The van der Waals surface area contributed by atoms with Crippen molar-refractivity contribution < 1.29 is 4.79 Å². The van der Waals surface area contributed by atoms with Crippen molar-refractivity contribution in [3.05, 3.63) is 50.6 Å². The molecule has 0 atom stereocenters. The van der Waals surface area contributed by atoms with E-state index in [4.69, 9.17) is 5.26 Å². The highest BCUT2D eigenvalue weighted by atomic mass is 32.2. The first-order valence-corrected chi connectivity index (χ1v) is 10.4. The van der Waals surface area contributed by atoms with Gasteiger partial charge in [-0.3, -0.25) is 9.59 Å². The number of amides is 1. The Morgan fingerprint density at radius 2 is 2.15 bits per heavy atom. The van der Waals surface area contributed by atoms with Gasteiger partial charge in [-0.25, -0.2) is 4.98 Å². The fourth-order valence-corrected chi connectivity index (χ4v) is 5.20. The fourth-order valence-electron chi connectivity index (χ4n) is 3.22. The number of hydrogen-bond acceptors (Lipinski definition) is 6. The van der Waals surface area contributed by atoms with Gasteiger partial charge >= 0.3 is 0 Å². The van der Waals surface area contributed by atoms with Gasteiger partial charge in [-0.1, -0.05) is 23.9 Å². The van der Waals surface area contributed by atoms with E-state index in [2.05, 4.69) is 15.3 Å². The minimum Gasteiger partial charge on any atom is -0.324 e. The Labute approximate surface area is 163 Å². The molecule has 1 aliphatic rings. The van der Waals surface area contributed by atoms with Crippen LogP contribution in [0.15, 0.2) is 34.2 Å². The zero-order valence-corrected chi connectivity index (χ0v) is 16.0. The third-order valence-electron chi connectivity index (χ3n) is 4.46. The number of benzene rings is 1. The molecular formula is C19H16N4O2S2. The number of thiophene rings is 1. The molecule has 0 unspecified atom stereocenters. The van der Waals surface area contributed by atoms with Crippen LogP contribution in [0.2, 0.25) is 0 Å². The first-order chi connectivity index (χ1) is 13.2. The molecule has 1 aliphatic carbocycles. The van der Waals surface area contributed by atoms with Crippen LogP contribution in [-0.2, 0) is 17.6 Å². The molecule has 1 aromatic carbocycles. The molecule has 1 amide bonds. The maximum atomic E-state index is 12.5. The predicted octanol–water partition coefficient (Wildman–Crippen LogP) is 3.47. The second-order valence-corrected chi connectivity index (χ2v) is 8.30. The van der Waals surface area contributed by atoms with E-state index >= 15 is 0 Å². The highest BCUT2D eigenvalue weighted by molar-refractivity contribution is 7.99. The van der Waals surface area contributed by atoms with Crippen molar-refractivity contribution in [2.24, 2.45) is 0 Å². The van der Waals surface area contributed by atoms with Crippen LogP contribution in [0.5, 0.6) is 0 Å². The summed E-state index contributed by atoms with van der Waals surface area (Å²) in [5, 5.41) is 13.0. The van der Waals surface area contributed by atoms with Gasteiger partial charge in [0.1, 0.15) is 10.9 Å². The number of nitriles is 1. The summed E-state index contributed by atoms with van der Waals surface area (Å²) < 4.78 is 0. The predicted molar refractivity (Wildman–Crippen MR) is 107 cm³/mol. The maximum absolute atomic E-state index is 12.5. The Balaban J connectivity index is 1.50. The van der Waals surface area contributed by atoms with E-state index in [9.17, 15) is 9.59 Å². The van der Waals surface area contributed by atoms with Crippen molar-refractivity contribution in [1.29, 1.82) is 5.26 Å². The van der Waals surface area contributed by atoms with E-state index in [0.29, 0.717) is 21.8 Å². The molecule has 8 heteroatoms. The van der Waals surface area contributed by atoms with E-state index in [1.54, 1.807) is 35.6 Å². The van der Waals surface area contributed by atoms with E-state index < -0.39 is 0 Å². The van der Waals surface area contributed by atoms with Crippen LogP contribution in [0, 0.1) is 11.3 Å². The zero-order valence-electron chi connectivity index (χ0n) is 14.4. The minimum atomic E-state index is -0.254. The second-order valence-electron chi connectivity index (χ2n) is 6.26. The number of aromatic nitrogens is 2. The lowest BCUT2D eigenvalue weighted by Crippen LogP contribution is -2.16. The molecular weight excluding hydrogens is 380 g/mol. The number of nitrogens with one attached hydrogen (secondary N) is 2. The molecule has 0 spiro atoms. The van der Waals surface area contributed by atoms with E-state index in [1.165, 1.54) is 16.6 Å². The fraction of sp³-hybridized carbons (Fsp3) is 0.263. The summed E-state index contributed by atoms with van der Waals surface area (Å²) in [6.07, 6.45) is 4.22. The topological polar surface area (TPSA) is 98.6 Å². The van der Waals surface area contributed by atoms with Crippen molar-refractivity contribution in [2.75, 3.05) is 11.1 Å². The molecule has 3 aromatic rings. The molecule has 0 bridgehead atoms. The molecule has 6 nitrogen and oxygen atoms in total. The Hall–Kier alpha value is -2.63. The SMILES string of the molecule is N#Cc1ccccc1NC(=O)CSc1nc2sc3c(c2c(=O)[nH]1)CCCC3. The van der Waals surface area contributed by atoms with Gasteiger partial charge in [0.15, 0.2) is 5.16 Å². The van der Waals surface area contributed by atoms with Crippen LogP contribution in [0.4, 0.5) is 5.69 Å². The van der Waals surface area contributed by atoms with Gasteiger partial charge in [-0.05, 0) is 43.4 Å². The summed E-state index contributed by atoms with van der Waals surface area (Å²) in [6, 6.07) is 8.88. The number of anilines is 1. The summed E-state index contributed by atoms with van der Waals surface area (Å²) in [5.74, 6) is -0.157. The van der Waals surface area contributed by atoms with Crippen molar-refractivity contribution >= 4 is 44.9 Å². The van der Waals surface area contributed by atoms with Gasteiger partial charge in [0.25, 0.3) is 5.56 Å². The van der Waals surface area contributed by atoms with Crippen molar-refractivity contribution in [2.45, 2.75) is 30.8 Å². The number of hydrogen-bond donors (Lipinski definition) is 2. The number of para-hydroxylation sites is 1. The maximum Gasteiger partial charge on any atom is 0.260 e. The van der Waals surface area contributed by atoms with Crippen molar-refractivity contribution in [3.8, 4) is 6.07 Å². The molecule has 0 aliphatic heterocycles. The number of carbonyl (C=O) groups excluding carboxylic acids is 1. The van der Waals surface area contributed by atoms with E-state index in [1.807, 2.05) is 6.07 Å². The Morgan fingerprint density at radius 1 is 1.33 bits per heavy atom. The van der Waals surface area contributed by atoms with Crippen LogP contribution in [0.3, 0.4) is 0 Å². The molecule has 4 rings (SSSR count). The smallest absolute Gasteiger partial charge is 0.260 e. The number of aromatic amines is 1. The lowest BCUT2D eigenvalue weighted by atomic mass is 9.97. The van der Waals surface area contributed by atoms with Crippen LogP contribution >= 0.6 is 23.1 Å². The van der Waals surface area contributed by atoms with Crippen LogP contribution < -0.4 is 10.9 Å².